The van der Waals surface area contributed by atoms with Gasteiger partial charge in [0.1, 0.15) is 5.82 Å². The second-order valence-electron chi connectivity index (χ2n) is 3.33. The van der Waals surface area contributed by atoms with E-state index < -0.39 is 0 Å². The first kappa shape index (κ1) is 11.3. The third-order valence-electron chi connectivity index (χ3n) is 1.83. The smallest absolute Gasteiger partial charge is 0.126 e. The number of benzene rings is 1. The highest BCUT2D eigenvalue weighted by molar-refractivity contribution is 6.30. The first-order chi connectivity index (χ1) is 6.61. The van der Waals surface area contributed by atoms with E-state index in [2.05, 4.69) is 5.32 Å². The molecule has 2 N–H and O–H groups in total. The molecular formula is C10H13ClFNO. The minimum atomic E-state index is -0.364. The van der Waals surface area contributed by atoms with Crippen molar-refractivity contribution < 1.29 is 9.50 Å². The van der Waals surface area contributed by atoms with Gasteiger partial charge in [0.15, 0.2) is 0 Å². The molecule has 0 saturated heterocycles. The first-order valence-corrected chi connectivity index (χ1v) is 4.80. The molecule has 0 amide bonds. The molecule has 0 bridgehead atoms. The maximum Gasteiger partial charge on any atom is 0.126 e. The van der Waals surface area contributed by atoms with Crippen molar-refractivity contribution in [2.75, 3.05) is 18.5 Å². The standard InChI is InChI=1S/C10H13ClFNO/c1-7(6-14)5-13-10-3-8(11)2-9(12)4-10/h2-4,7,13-14H,5-6H2,1H3. The molecule has 0 heterocycles. The molecule has 0 spiro atoms. The van der Waals surface area contributed by atoms with E-state index in [9.17, 15) is 4.39 Å². The fourth-order valence-electron chi connectivity index (χ4n) is 1.01. The van der Waals surface area contributed by atoms with Crippen LogP contribution < -0.4 is 5.32 Å². The number of hydrogen-bond donors (Lipinski definition) is 2. The molecule has 1 aromatic carbocycles. The monoisotopic (exact) mass is 217 g/mol. The number of aliphatic hydroxyl groups excluding tert-OH is 1. The molecule has 0 fully saturated rings. The van der Waals surface area contributed by atoms with Crippen molar-refractivity contribution in [2.45, 2.75) is 6.92 Å². The molecule has 4 heteroatoms. The van der Waals surface area contributed by atoms with Crippen molar-refractivity contribution in [3.63, 3.8) is 0 Å². The zero-order valence-electron chi connectivity index (χ0n) is 7.93. The molecule has 0 aliphatic carbocycles. The molecule has 0 saturated carbocycles. The lowest BCUT2D eigenvalue weighted by molar-refractivity contribution is 0.244. The highest BCUT2D eigenvalue weighted by Gasteiger charge is 2.01. The van der Waals surface area contributed by atoms with Gasteiger partial charge >= 0.3 is 0 Å². The summed E-state index contributed by atoms with van der Waals surface area (Å²) in [6.45, 7) is 2.60. The van der Waals surface area contributed by atoms with Gasteiger partial charge in [0.2, 0.25) is 0 Å². The molecule has 2 nitrogen and oxygen atoms in total. The molecule has 0 aliphatic rings. The van der Waals surface area contributed by atoms with E-state index in [1.807, 2.05) is 6.92 Å². The van der Waals surface area contributed by atoms with E-state index in [1.54, 1.807) is 6.07 Å². The SMILES string of the molecule is CC(CO)CNc1cc(F)cc(Cl)c1. The Morgan fingerprint density at radius 2 is 2.21 bits per heavy atom. The van der Waals surface area contributed by atoms with Gasteiger partial charge in [0.05, 0.1) is 0 Å². The fraction of sp³-hybridized carbons (Fsp3) is 0.400. The average Bonchev–Trinajstić information content (AvgIpc) is 2.12. The van der Waals surface area contributed by atoms with Gasteiger partial charge in [-0.25, -0.2) is 4.39 Å². The van der Waals surface area contributed by atoms with Crippen LogP contribution >= 0.6 is 11.6 Å². The van der Waals surface area contributed by atoms with Gasteiger partial charge in [-0.2, -0.15) is 0 Å². The van der Waals surface area contributed by atoms with Crippen molar-refractivity contribution in [1.29, 1.82) is 0 Å². The summed E-state index contributed by atoms with van der Waals surface area (Å²) in [4.78, 5) is 0. The van der Waals surface area contributed by atoms with Crippen LogP contribution in [0.5, 0.6) is 0 Å². The van der Waals surface area contributed by atoms with Crippen LogP contribution in [0.15, 0.2) is 18.2 Å². The minimum Gasteiger partial charge on any atom is -0.396 e. The molecule has 0 radical (unpaired) electrons. The second-order valence-corrected chi connectivity index (χ2v) is 3.76. The summed E-state index contributed by atoms with van der Waals surface area (Å²) < 4.78 is 12.9. The molecule has 1 aromatic rings. The topological polar surface area (TPSA) is 32.3 Å². The number of hydrogen-bond acceptors (Lipinski definition) is 2. The van der Waals surface area contributed by atoms with Gasteiger partial charge < -0.3 is 10.4 Å². The van der Waals surface area contributed by atoms with Gasteiger partial charge in [-0.15, -0.1) is 0 Å². The van der Waals surface area contributed by atoms with Crippen LogP contribution in [-0.2, 0) is 0 Å². The Balaban J connectivity index is 2.58. The maximum atomic E-state index is 12.9. The molecule has 1 rings (SSSR count). The van der Waals surface area contributed by atoms with Crippen molar-refractivity contribution in [3.05, 3.63) is 29.0 Å². The van der Waals surface area contributed by atoms with Crippen molar-refractivity contribution in [2.24, 2.45) is 5.92 Å². The van der Waals surface area contributed by atoms with E-state index in [1.165, 1.54) is 12.1 Å². The molecule has 1 unspecified atom stereocenters. The Bertz CT molecular complexity index is 286. The highest BCUT2D eigenvalue weighted by Crippen LogP contribution is 2.18. The normalized spacial score (nSPS) is 12.6. The summed E-state index contributed by atoms with van der Waals surface area (Å²) in [6, 6.07) is 4.27. The highest BCUT2D eigenvalue weighted by atomic mass is 35.5. The average molecular weight is 218 g/mol. The Hall–Kier alpha value is -0.800. The molecule has 14 heavy (non-hydrogen) atoms. The van der Waals surface area contributed by atoms with Gasteiger partial charge in [-0.05, 0) is 24.1 Å². The molecule has 78 valence electrons. The summed E-state index contributed by atoms with van der Waals surface area (Å²) in [5, 5.41) is 12.1. The lowest BCUT2D eigenvalue weighted by atomic mass is 10.2. The van der Waals surface area contributed by atoms with Crippen molar-refractivity contribution in [3.8, 4) is 0 Å². The lowest BCUT2D eigenvalue weighted by Crippen LogP contribution is -2.14. The van der Waals surface area contributed by atoms with Crippen LogP contribution in [0.25, 0.3) is 0 Å². The Morgan fingerprint density at radius 1 is 1.50 bits per heavy atom. The second kappa shape index (κ2) is 5.17. The predicted molar refractivity (Wildman–Crippen MR) is 56.1 cm³/mol. The van der Waals surface area contributed by atoms with Gasteiger partial charge in [0.25, 0.3) is 0 Å². The molecule has 0 aromatic heterocycles. The van der Waals surface area contributed by atoms with Gasteiger partial charge in [-0.1, -0.05) is 18.5 Å². The molecule has 1 atom stereocenters. The number of anilines is 1. The van der Waals surface area contributed by atoms with E-state index in [-0.39, 0.29) is 18.3 Å². The van der Waals surface area contributed by atoms with E-state index >= 15 is 0 Å². The fourth-order valence-corrected chi connectivity index (χ4v) is 1.23. The van der Waals surface area contributed by atoms with Gasteiger partial charge in [0, 0.05) is 23.9 Å². The largest absolute Gasteiger partial charge is 0.396 e. The number of rotatable bonds is 4. The summed E-state index contributed by atoms with van der Waals surface area (Å²) in [7, 11) is 0. The van der Waals surface area contributed by atoms with E-state index in [0.717, 1.165) is 0 Å². The third kappa shape index (κ3) is 3.52. The Labute approximate surface area is 87.7 Å². The van der Waals surface area contributed by atoms with Crippen molar-refractivity contribution in [1.82, 2.24) is 0 Å². The zero-order chi connectivity index (χ0) is 10.6. The van der Waals surface area contributed by atoms with Crippen LogP contribution in [0.1, 0.15) is 6.92 Å². The van der Waals surface area contributed by atoms with Gasteiger partial charge in [-0.3, -0.25) is 0 Å². The van der Waals surface area contributed by atoms with Crippen molar-refractivity contribution >= 4 is 17.3 Å². The molecule has 0 aliphatic heterocycles. The predicted octanol–water partition coefficient (Wildman–Crippen LogP) is 2.52. The third-order valence-corrected chi connectivity index (χ3v) is 2.05. The summed E-state index contributed by atoms with van der Waals surface area (Å²) in [5.41, 5.74) is 0.635. The van der Waals surface area contributed by atoms with E-state index in [4.69, 9.17) is 16.7 Å². The summed E-state index contributed by atoms with van der Waals surface area (Å²) in [6.07, 6.45) is 0. The molecular weight excluding hydrogens is 205 g/mol. The number of nitrogens with one attached hydrogen (secondary N) is 1. The van der Waals surface area contributed by atoms with Crippen LogP contribution in [0, 0.1) is 11.7 Å². The Morgan fingerprint density at radius 3 is 2.79 bits per heavy atom. The minimum absolute atomic E-state index is 0.107. The Kier molecular flexibility index (Phi) is 4.17. The number of halogens is 2. The summed E-state index contributed by atoms with van der Waals surface area (Å²) in [5.74, 6) is -0.228. The van der Waals surface area contributed by atoms with E-state index in [0.29, 0.717) is 17.3 Å². The van der Waals surface area contributed by atoms with Crippen LogP contribution in [0.2, 0.25) is 5.02 Å². The first-order valence-electron chi connectivity index (χ1n) is 4.42. The van der Waals surface area contributed by atoms with Crippen LogP contribution in [0.3, 0.4) is 0 Å². The van der Waals surface area contributed by atoms with Crippen LogP contribution in [0.4, 0.5) is 10.1 Å². The quantitative estimate of drug-likeness (QED) is 0.813. The summed E-state index contributed by atoms with van der Waals surface area (Å²) >= 11 is 5.67. The zero-order valence-corrected chi connectivity index (χ0v) is 8.68. The van der Waals surface area contributed by atoms with Crippen LogP contribution in [-0.4, -0.2) is 18.3 Å². The maximum absolute atomic E-state index is 12.9. The number of aliphatic hydroxyl groups is 1. The lowest BCUT2D eigenvalue weighted by Gasteiger charge is -2.10.